The van der Waals surface area contributed by atoms with E-state index in [1.807, 2.05) is 0 Å². The van der Waals surface area contributed by atoms with E-state index in [2.05, 4.69) is 21.2 Å². The number of rotatable bonds is 9. The number of hydrogen-bond acceptors (Lipinski definition) is 6. The van der Waals surface area contributed by atoms with Gasteiger partial charge in [-0.25, -0.2) is 8.78 Å². The number of hydrogen-bond donors (Lipinski definition) is 1. The maximum atomic E-state index is 12.4. The lowest BCUT2D eigenvalue weighted by molar-refractivity contribution is -0.384. The van der Waals surface area contributed by atoms with Crippen molar-refractivity contribution in [3.63, 3.8) is 0 Å². The molecular formula is C20H14BrClF2N2O6. The molecule has 0 bridgehead atoms. The average Bonchev–Trinajstić information content (AvgIpc) is 3.20. The van der Waals surface area contributed by atoms with E-state index >= 15 is 0 Å². The molecule has 0 aliphatic carbocycles. The Morgan fingerprint density at radius 1 is 1.19 bits per heavy atom. The minimum Gasteiger partial charge on any atom is -0.487 e. The van der Waals surface area contributed by atoms with Gasteiger partial charge in [0.15, 0.2) is 5.76 Å². The Bertz CT molecular complexity index is 1140. The number of benzene rings is 2. The van der Waals surface area contributed by atoms with Crippen molar-refractivity contribution in [3.8, 4) is 11.5 Å². The van der Waals surface area contributed by atoms with E-state index in [1.54, 1.807) is 18.2 Å². The van der Waals surface area contributed by atoms with Crippen LogP contribution in [0.15, 0.2) is 57.4 Å². The second kappa shape index (κ2) is 10.4. The lowest BCUT2D eigenvalue weighted by Gasteiger charge is -2.09. The Morgan fingerprint density at radius 3 is 2.66 bits per heavy atom. The maximum absolute atomic E-state index is 12.4. The van der Waals surface area contributed by atoms with Gasteiger partial charge < -0.3 is 19.2 Å². The van der Waals surface area contributed by atoms with Crippen LogP contribution >= 0.6 is 27.5 Å². The minimum atomic E-state index is -2.76. The van der Waals surface area contributed by atoms with Crippen molar-refractivity contribution < 1.29 is 32.4 Å². The van der Waals surface area contributed by atoms with E-state index in [4.69, 9.17) is 25.5 Å². The van der Waals surface area contributed by atoms with Crippen LogP contribution in [-0.4, -0.2) is 23.9 Å². The van der Waals surface area contributed by atoms with Crippen molar-refractivity contribution in [1.82, 2.24) is 0 Å². The highest BCUT2D eigenvalue weighted by molar-refractivity contribution is 9.10. The van der Waals surface area contributed by atoms with Gasteiger partial charge in [0.05, 0.1) is 21.7 Å². The molecule has 32 heavy (non-hydrogen) atoms. The highest BCUT2D eigenvalue weighted by Gasteiger charge is 2.17. The van der Waals surface area contributed by atoms with E-state index < -0.39 is 29.6 Å². The molecule has 8 nitrogen and oxygen atoms in total. The van der Waals surface area contributed by atoms with Gasteiger partial charge >= 0.3 is 0 Å². The summed E-state index contributed by atoms with van der Waals surface area (Å²) >= 11 is 9.37. The van der Waals surface area contributed by atoms with Gasteiger partial charge in [-0.3, -0.25) is 14.9 Å². The fraction of sp³-hybridized carbons (Fsp3) is 0.150. The van der Waals surface area contributed by atoms with Crippen LogP contribution in [0.4, 0.5) is 20.2 Å². The fourth-order valence-corrected chi connectivity index (χ4v) is 3.24. The zero-order valence-electron chi connectivity index (χ0n) is 16.0. The van der Waals surface area contributed by atoms with Crippen molar-refractivity contribution >= 4 is 44.8 Å². The third-order valence-corrected chi connectivity index (χ3v) is 4.67. The Hall–Kier alpha value is -3.18. The van der Waals surface area contributed by atoms with Gasteiger partial charge in [-0.1, -0.05) is 27.5 Å². The summed E-state index contributed by atoms with van der Waals surface area (Å²) in [5, 5.41) is 13.9. The summed E-state index contributed by atoms with van der Waals surface area (Å²) in [5.41, 5.74) is -0.462. The van der Waals surface area contributed by atoms with Crippen LogP contribution in [0.1, 0.15) is 16.3 Å². The lowest BCUT2D eigenvalue weighted by atomic mass is 10.2. The molecule has 1 heterocycles. The van der Waals surface area contributed by atoms with Gasteiger partial charge in [-0.2, -0.15) is 0 Å². The summed E-state index contributed by atoms with van der Waals surface area (Å²) in [6.07, 6.45) is -2.76. The third-order valence-electron chi connectivity index (χ3n) is 3.89. The molecular weight excluding hydrogens is 518 g/mol. The van der Waals surface area contributed by atoms with Crippen molar-refractivity contribution in [2.24, 2.45) is 0 Å². The zero-order valence-corrected chi connectivity index (χ0v) is 18.4. The monoisotopic (exact) mass is 530 g/mol. The molecule has 0 radical (unpaired) electrons. The highest BCUT2D eigenvalue weighted by atomic mass is 79.9. The molecule has 1 amide bonds. The molecule has 168 valence electrons. The van der Waals surface area contributed by atoms with E-state index in [0.29, 0.717) is 16.5 Å². The van der Waals surface area contributed by atoms with Gasteiger partial charge in [0.25, 0.3) is 18.0 Å². The number of carbonyl (C=O) groups excluding carboxylic acids is 1. The van der Waals surface area contributed by atoms with E-state index in [-0.39, 0.29) is 23.8 Å². The van der Waals surface area contributed by atoms with Crippen LogP contribution in [-0.2, 0) is 6.61 Å². The van der Waals surface area contributed by atoms with Crippen molar-refractivity contribution in [1.29, 1.82) is 0 Å². The molecule has 0 spiro atoms. The van der Waals surface area contributed by atoms with Gasteiger partial charge in [-0.15, -0.1) is 0 Å². The Morgan fingerprint density at radius 2 is 1.97 bits per heavy atom. The summed E-state index contributed by atoms with van der Waals surface area (Å²) in [5.74, 6) is -0.237. The molecule has 0 saturated carbocycles. The molecule has 3 rings (SSSR count). The van der Waals surface area contributed by atoms with Crippen molar-refractivity contribution in [3.05, 3.63) is 79.7 Å². The average molecular weight is 532 g/mol. The van der Waals surface area contributed by atoms with E-state index in [9.17, 15) is 23.7 Å². The lowest BCUT2D eigenvalue weighted by Crippen LogP contribution is -2.12. The number of nitrogens with one attached hydrogen (secondary N) is 1. The van der Waals surface area contributed by atoms with Crippen molar-refractivity contribution in [2.45, 2.75) is 13.0 Å². The SMILES string of the molecule is O=C(Nc1cc(OCC(F)F)cc([N+](=O)[O-])c1)c1ccc(COc2ccc(Br)cc2Cl)o1. The number of non-ortho nitro benzene ring substituents is 1. The second-order valence-electron chi connectivity index (χ2n) is 6.26. The zero-order chi connectivity index (χ0) is 23.3. The van der Waals surface area contributed by atoms with Gasteiger partial charge in [0.1, 0.15) is 30.5 Å². The standard InChI is InChI=1S/C20H14BrClF2N2O6/c21-11-1-3-17(16(22)5-11)31-9-14-2-4-18(32-14)20(27)25-12-6-13(26(28)29)8-15(7-12)30-10-19(23)24/h1-8,19H,9-10H2,(H,25,27). The predicted molar refractivity (Wildman–Crippen MR) is 115 cm³/mol. The van der Waals surface area contributed by atoms with Crippen LogP contribution in [0.2, 0.25) is 5.02 Å². The molecule has 0 atom stereocenters. The van der Waals surface area contributed by atoms with Crippen LogP contribution < -0.4 is 14.8 Å². The van der Waals surface area contributed by atoms with E-state index in [1.165, 1.54) is 18.2 Å². The normalized spacial score (nSPS) is 10.8. The van der Waals surface area contributed by atoms with Crippen LogP contribution in [0.5, 0.6) is 11.5 Å². The Labute approximate surface area is 193 Å². The second-order valence-corrected chi connectivity index (χ2v) is 7.58. The third kappa shape index (κ3) is 6.41. The number of nitro groups is 1. The van der Waals surface area contributed by atoms with Crippen LogP contribution in [0.25, 0.3) is 0 Å². The molecule has 0 fully saturated rings. The number of amides is 1. The minimum absolute atomic E-state index is 0.00292. The number of halogens is 4. The van der Waals surface area contributed by atoms with E-state index in [0.717, 1.165) is 16.6 Å². The molecule has 2 aromatic carbocycles. The topological polar surface area (TPSA) is 104 Å². The smallest absolute Gasteiger partial charge is 0.291 e. The number of furan rings is 1. The number of alkyl halides is 2. The highest BCUT2D eigenvalue weighted by Crippen LogP contribution is 2.29. The maximum Gasteiger partial charge on any atom is 0.291 e. The van der Waals surface area contributed by atoms with Crippen LogP contribution in [0, 0.1) is 10.1 Å². The Balaban J connectivity index is 1.68. The number of nitrogens with zero attached hydrogens (tertiary/aromatic N) is 1. The summed E-state index contributed by atoms with van der Waals surface area (Å²) in [6, 6.07) is 11.2. The summed E-state index contributed by atoms with van der Waals surface area (Å²) < 4.78 is 41.3. The number of nitro benzene ring substituents is 1. The number of ether oxygens (including phenoxy) is 2. The van der Waals surface area contributed by atoms with Crippen molar-refractivity contribution in [2.75, 3.05) is 11.9 Å². The first kappa shape index (κ1) is 23.5. The summed E-state index contributed by atoms with van der Waals surface area (Å²) in [7, 11) is 0. The summed E-state index contributed by atoms with van der Waals surface area (Å²) in [4.78, 5) is 22.8. The van der Waals surface area contributed by atoms with Gasteiger partial charge in [0, 0.05) is 16.6 Å². The van der Waals surface area contributed by atoms with Gasteiger partial charge in [-0.05, 0) is 30.3 Å². The molecule has 0 aliphatic heterocycles. The van der Waals surface area contributed by atoms with Gasteiger partial charge in [0.2, 0.25) is 0 Å². The molecule has 12 heteroatoms. The first-order chi connectivity index (χ1) is 15.2. The molecule has 1 N–H and O–H groups in total. The number of anilines is 1. The first-order valence-corrected chi connectivity index (χ1v) is 10.1. The quantitative estimate of drug-likeness (QED) is 0.265. The van der Waals surface area contributed by atoms with Crippen LogP contribution in [0.3, 0.4) is 0 Å². The predicted octanol–water partition coefficient (Wildman–Crippen LogP) is 6.08. The summed E-state index contributed by atoms with van der Waals surface area (Å²) in [6.45, 7) is -0.949. The fourth-order valence-electron chi connectivity index (χ4n) is 2.51. The Kier molecular flexibility index (Phi) is 7.65. The molecule has 0 saturated heterocycles. The molecule has 0 unspecified atom stereocenters. The first-order valence-electron chi connectivity index (χ1n) is 8.89. The molecule has 0 aliphatic rings. The largest absolute Gasteiger partial charge is 0.487 e. The number of carbonyl (C=O) groups is 1. The molecule has 1 aromatic heterocycles. The molecule has 3 aromatic rings.